The van der Waals surface area contributed by atoms with Crippen molar-refractivity contribution in [1.29, 1.82) is 0 Å². The van der Waals surface area contributed by atoms with Gasteiger partial charge in [-0.15, -0.1) is 0 Å². The zero-order valence-electron chi connectivity index (χ0n) is 23.4. The summed E-state index contributed by atoms with van der Waals surface area (Å²) >= 11 is 0. The lowest BCUT2D eigenvalue weighted by Gasteiger charge is -2.48. The van der Waals surface area contributed by atoms with Crippen LogP contribution in [0.15, 0.2) is 54.2 Å². The molecule has 0 unspecified atom stereocenters. The van der Waals surface area contributed by atoms with Crippen LogP contribution < -0.4 is 14.8 Å². The van der Waals surface area contributed by atoms with Gasteiger partial charge in [-0.05, 0) is 68.2 Å². The van der Waals surface area contributed by atoms with E-state index in [4.69, 9.17) is 9.47 Å². The number of carbonyl (C=O) groups excluding carboxylic acids is 1. The van der Waals surface area contributed by atoms with Gasteiger partial charge in [0.25, 0.3) is 0 Å². The van der Waals surface area contributed by atoms with E-state index >= 15 is 0 Å². The molecule has 0 spiro atoms. The predicted molar refractivity (Wildman–Crippen MR) is 151 cm³/mol. The van der Waals surface area contributed by atoms with E-state index in [0.717, 1.165) is 49.2 Å². The number of hydrogen-bond acceptors (Lipinski definition) is 3. The van der Waals surface area contributed by atoms with Gasteiger partial charge in [-0.25, -0.2) is 0 Å². The summed E-state index contributed by atoms with van der Waals surface area (Å²) in [5.41, 5.74) is 4.70. The molecule has 0 aromatic heterocycles. The molecule has 1 aliphatic heterocycles. The van der Waals surface area contributed by atoms with Crippen LogP contribution in [0.25, 0.3) is 0 Å². The van der Waals surface area contributed by atoms with E-state index in [2.05, 4.69) is 76.3 Å². The maximum absolute atomic E-state index is 11.0. The summed E-state index contributed by atoms with van der Waals surface area (Å²) in [7, 11) is 0. The average molecular weight is 504 g/mol. The number of fused-ring (bicyclic) bond motifs is 3. The Balaban J connectivity index is 1.74. The third kappa shape index (κ3) is 6.40. The van der Waals surface area contributed by atoms with Crippen molar-refractivity contribution < 1.29 is 14.3 Å². The molecular weight excluding hydrogens is 458 g/mol. The van der Waals surface area contributed by atoms with Crippen molar-refractivity contribution in [3.63, 3.8) is 0 Å². The fourth-order valence-corrected chi connectivity index (χ4v) is 6.28. The Kier molecular flexibility index (Phi) is 8.67. The first-order valence-electron chi connectivity index (χ1n) is 14.2. The van der Waals surface area contributed by atoms with E-state index in [1.54, 1.807) is 0 Å². The molecule has 2 aliphatic rings. The lowest BCUT2D eigenvalue weighted by Crippen LogP contribution is -2.46. The summed E-state index contributed by atoms with van der Waals surface area (Å²) < 4.78 is 13.4. The minimum Gasteiger partial charge on any atom is -0.488 e. The van der Waals surface area contributed by atoms with Crippen LogP contribution in [-0.2, 0) is 16.8 Å². The van der Waals surface area contributed by atoms with Gasteiger partial charge >= 0.3 is 0 Å². The normalized spacial score (nSPS) is 21.5. The second-order valence-corrected chi connectivity index (χ2v) is 12.1. The predicted octanol–water partition coefficient (Wildman–Crippen LogP) is 8.20. The first-order chi connectivity index (χ1) is 17.7. The Labute approximate surface area is 223 Å². The zero-order valence-corrected chi connectivity index (χ0v) is 23.4. The Bertz CT molecular complexity index is 1090. The fraction of sp³-hybridized carbons (Fsp3) is 0.545. The van der Waals surface area contributed by atoms with Crippen LogP contribution >= 0.6 is 0 Å². The largest absolute Gasteiger partial charge is 0.488 e. The number of carbonyl (C=O) groups is 1. The summed E-state index contributed by atoms with van der Waals surface area (Å²) in [5, 5.41) is 2.77. The van der Waals surface area contributed by atoms with Gasteiger partial charge in [0, 0.05) is 23.6 Å². The molecule has 0 radical (unpaired) electrons. The smallest absolute Gasteiger partial charge is 0.211 e. The maximum Gasteiger partial charge on any atom is 0.211 e. The number of hydrogen-bond donors (Lipinski definition) is 1. The highest BCUT2D eigenvalue weighted by molar-refractivity contribution is 5.55. The molecule has 200 valence electrons. The van der Waals surface area contributed by atoms with Gasteiger partial charge in [0.2, 0.25) is 6.41 Å². The summed E-state index contributed by atoms with van der Waals surface area (Å²) in [5.74, 6) is 2.60. The van der Waals surface area contributed by atoms with Gasteiger partial charge in [0.05, 0.1) is 0 Å². The molecule has 2 atom stereocenters. The van der Waals surface area contributed by atoms with Crippen LogP contribution in [-0.4, -0.2) is 12.0 Å². The minimum atomic E-state index is -0.262. The van der Waals surface area contributed by atoms with Gasteiger partial charge in [-0.2, -0.15) is 0 Å². The van der Waals surface area contributed by atoms with Crippen LogP contribution in [0, 0.1) is 5.92 Å². The quantitative estimate of drug-likeness (QED) is 0.248. The molecule has 4 heteroatoms. The highest BCUT2D eigenvalue weighted by Crippen LogP contribution is 2.56. The van der Waals surface area contributed by atoms with E-state index in [-0.39, 0.29) is 11.0 Å². The number of unbranched alkanes of at least 4 members (excludes halogenated alkanes) is 3. The van der Waals surface area contributed by atoms with Crippen molar-refractivity contribution in [2.45, 2.75) is 110 Å². The van der Waals surface area contributed by atoms with Gasteiger partial charge < -0.3 is 14.8 Å². The zero-order chi connectivity index (χ0) is 26.5. The van der Waals surface area contributed by atoms with Crippen LogP contribution in [0.3, 0.4) is 0 Å². The first kappa shape index (κ1) is 27.3. The Morgan fingerprint density at radius 1 is 1.14 bits per heavy atom. The number of ether oxygens (including phenoxy) is 2. The maximum atomic E-state index is 11.0. The molecule has 1 saturated carbocycles. The van der Waals surface area contributed by atoms with Crippen molar-refractivity contribution in [3.05, 3.63) is 70.9 Å². The van der Waals surface area contributed by atoms with Gasteiger partial charge in [-0.1, -0.05) is 82.4 Å². The molecule has 1 heterocycles. The molecule has 0 saturated heterocycles. The summed E-state index contributed by atoms with van der Waals surface area (Å²) in [6, 6.07) is 15.0. The van der Waals surface area contributed by atoms with Gasteiger partial charge in [0.1, 0.15) is 23.7 Å². The highest BCUT2D eigenvalue weighted by atomic mass is 16.5. The molecule has 1 aliphatic carbocycles. The van der Waals surface area contributed by atoms with Crippen molar-refractivity contribution in [2.75, 3.05) is 0 Å². The Hall–Kier alpha value is -2.75. The molecule has 4 nitrogen and oxygen atoms in total. The number of rotatable bonds is 11. The third-order valence-electron chi connectivity index (χ3n) is 8.51. The third-order valence-corrected chi connectivity index (χ3v) is 8.51. The average Bonchev–Trinajstić information content (AvgIpc) is 2.88. The second kappa shape index (κ2) is 11.8. The van der Waals surface area contributed by atoms with Crippen molar-refractivity contribution in [1.82, 2.24) is 5.32 Å². The molecule has 2 aromatic rings. The van der Waals surface area contributed by atoms with Crippen LogP contribution in [0.2, 0.25) is 0 Å². The minimum absolute atomic E-state index is 0.0312. The van der Waals surface area contributed by atoms with E-state index in [0.29, 0.717) is 18.4 Å². The lowest BCUT2D eigenvalue weighted by molar-refractivity contribution is -0.108. The van der Waals surface area contributed by atoms with Crippen LogP contribution in [0.4, 0.5) is 0 Å². The molecule has 1 N–H and O–H groups in total. The first-order valence-corrected chi connectivity index (χ1v) is 14.2. The Morgan fingerprint density at radius 2 is 1.92 bits per heavy atom. The van der Waals surface area contributed by atoms with Crippen molar-refractivity contribution in [2.24, 2.45) is 5.92 Å². The van der Waals surface area contributed by atoms with E-state index in [1.807, 2.05) is 12.3 Å². The SMILES string of the molecule is CCCCCCC(C)(C)c1cc(OCc2ccccc2)c2c(c1)OC(C)(C)[C@@H]1CC/C(=C\NC=O)C[C@@H]21. The summed E-state index contributed by atoms with van der Waals surface area (Å²) in [6.07, 6.45) is 11.8. The molecular formula is C33H45NO3. The molecule has 0 bridgehead atoms. The van der Waals surface area contributed by atoms with E-state index in [9.17, 15) is 4.79 Å². The van der Waals surface area contributed by atoms with Gasteiger partial charge in [-0.3, -0.25) is 4.79 Å². The standard InChI is InChI=1S/C33H45NO3/c1-6-7-8-12-17-32(2,3)26-19-29(36-22-24-13-10-9-11-14-24)31-27-18-25(21-34-23-35)15-16-28(27)33(4,5)37-30(31)20-26/h9-11,13-14,19-21,23,27-28H,6-8,12,15-18,22H2,1-5H3,(H,34,35)/b25-21+/t27-,28-/m1/s1. The Morgan fingerprint density at radius 3 is 2.65 bits per heavy atom. The number of nitrogens with one attached hydrogen (secondary N) is 1. The van der Waals surface area contributed by atoms with Crippen molar-refractivity contribution in [3.8, 4) is 11.5 Å². The highest BCUT2D eigenvalue weighted by Gasteiger charge is 2.47. The summed E-state index contributed by atoms with van der Waals surface area (Å²) in [6.45, 7) is 12.0. The number of amides is 1. The molecule has 1 amide bonds. The molecule has 37 heavy (non-hydrogen) atoms. The second-order valence-electron chi connectivity index (χ2n) is 12.1. The van der Waals surface area contributed by atoms with E-state index in [1.165, 1.54) is 42.4 Å². The van der Waals surface area contributed by atoms with Gasteiger partial charge in [0.15, 0.2) is 0 Å². The molecule has 4 rings (SSSR count). The topological polar surface area (TPSA) is 47.6 Å². The van der Waals surface area contributed by atoms with E-state index < -0.39 is 0 Å². The fourth-order valence-electron chi connectivity index (χ4n) is 6.28. The molecule has 2 aromatic carbocycles. The summed E-state index contributed by atoms with van der Waals surface area (Å²) in [4.78, 5) is 11.0. The monoisotopic (exact) mass is 503 g/mol. The molecule has 1 fully saturated rings. The van der Waals surface area contributed by atoms with Crippen LogP contribution in [0.5, 0.6) is 11.5 Å². The lowest BCUT2D eigenvalue weighted by atomic mass is 9.65. The number of allylic oxidation sites excluding steroid dienone is 1. The van der Waals surface area contributed by atoms with Crippen LogP contribution in [0.1, 0.15) is 109 Å². The number of benzene rings is 2. The van der Waals surface area contributed by atoms with Crippen molar-refractivity contribution >= 4 is 6.41 Å².